The molecule has 98 valence electrons. The first-order valence-corrected chi connectivity index (χ1v) is 6.33. The van der Waals surface area contributed by atoms with Gasteiger partial charge < -0.3 is 5.11 Å². The van der Waals surface area contributed by atoms with Crippen LogP contribution in [-0.4, -0.2) is 5.11 Å². The number of rotatable bonds is 2. The van der Waals surface area contributed by atoms with E-state index in [0.717, 1.165) is 5.56 Å². The van der Waals surface area contributed by atoms with Crippen molar-refractivity contribution >= 4 is 17.7 Å². The molecule has 2 rings (SSSR count). The van der Waals surface area contributed by atoms with E-state index in [1.807, 2.05) is 13.8 Å². The summed E-state index contributed by atoms with van der Waals surface area (Å²) in [5, 5.41) is 10.8. The minimum absolute atomic E-state index is 0.0523. The van der Waals surface area contributed by atoms with Gasteiger partial charge in [0, 0.05) is 10.6 Å². The van der Waals surface area contributed by atoms with E-state index in [-0.39, 0.29) is 11.3 Å². The van der Waals surface area contributed by atoms with Crippen molar-refractivity contribution in [1.29, 1.82) is 0 Å². The van der Waals surface area contributed by atoms with E-state index in [1.54, 1.807) is 36.4 Å². The van der Waals surface area contributed by atoms with Crippen molar-refractivity contribution in [2.24, 2.45) is 0 Å². The molecular formula is C16H14ClFO. The molecule has 0 aliphatic carbocycles. The molecule has 0 atom stereocenters. The Kier molecular flexibility index (Phi) is 3.91. The molecule has 1 nitrogen and oxygen atoms in total. The van der Waals surface area contributed by atoms with Gasteiger partial charge in [-0.05, 0) is 49.2 Å². The summed E-state index contributed by atoms with van der Waals surface area (Å²) in [6, 6.07) is 8.07. The van der Waals surface area contributed by atoms with Crippen molar-refractivity contribution < 1.29 is 9.50 Å². The highest BCUT2D eigenvalue weighted by atomic mass is 35.5. The maximum atomic E-state index is 14.0. The van der Waals surface area contributed by atoms with Crippen molar-refractivity contribution in [3.05, 3.63) is 58.4 Å². The highest BCUT2D eigenvalue weighted by Crippen LogP contribution is 2.37. The molecule has 0 aromatic heterocycles. The molecule has 2 aromatic carbocycles. The summed E-state index contributed by atoms with van der Waals surface area (Å²) < 4.78 is 14.0. The van der Waals surface area contributed by atoms with Gasteiger partial charge in [0.25, 0.3) is 0 Å². The van der Waals surface area contributed by atoms with E-state index in [0.29, 0.717) is 16.1 Å². The molecule has 19 heavy (non-hydrogen) atoms. The molecule has 0 fully saturated rings. The van der Waals surface area contributed by atoms with Crippen molar-refractivity contribution in [3.63, 3.8) is 0 Å². The maximum Gasteiger partial charge on any atom is 0.134 e. The van der Waals surface area contributed by atoms with Gasteiger partial charge in [0.1, 0.15) is 11.6 Å². The third kappa shape index (κ3) is 2.64. The predicted molar refractivity (Wildman–Crippen MR) is 78.0 cm³/mol. The first kappa shape index (κ1) is 13.6. The second kappa shape index (κ2) is 5.45. The minimum atomic E-state index is -0.448. The van der Waals surface area contributed by atoms with Crippen molar-refractivity contribution in [2.45, 2.75) is 13.8 Å². The van der Waals surface area contributed by atoms with Crippen LogP contribution >= 0.6 is 11.6 Å². The van der Waals surface area contributed by atoms with Gasteiger partial charge in [-0.15, -0.1) is 0 Å². The molecule has 0 radical (unpaired) electrons. The minimum Gasteiger partial charge on any atom is -0.507 e. The van der Waals surface area contributed by atoms with Crippen molar-refractivity contribution in [1.82, 2.24) is 0 Å². The van der Waals surface area contributed by atoms with E-state index in [9.17, 15) is 9.50 Å². The van der Waals surface area contributed by atoms with Crippen LogP contribution in [0.5, 0.6) is 5.75 Å². The Bertz CT molecular complexity index is 647. The van der Waals surface area contributed by atoms with Gasteiger partial charge in [-0.2, -0.15) is 0 Å². The van der Waals surface area contributed by atoms with Crippen LogP contribution in [0.3, 0.4) is 0 Å². The number of phenolic OH excluding ortho intramolecular Hbond substituents is 1. The van der Waals surface area contributed by atoms with E-state index in [2.05, 4.69) is 0 Å². The van der Waals surface area contributed by atoms with Crippen LogP contribution in [0.25, 0.3) is 17.2 Å². The Morgan fingerprint density at radius 3 is 2.58 bits per heavy atom. The van der Waals surface area contributed by atoms with Crippen molar-refractivity contribution in [2.75, 3.05) is 0 Å². The molecule has 3 heteroatoms. The number of allylic oxidation sites excluding steroid dienone is 1. The summed E-state index contributed by atoms with van der Waals surface area (Å²) in [4.78, 5) is 0. The van der Waals surface area contributed by atoms with Crippen LogP contribution < -0.4 is 0 Å². The van der Waals surface area contributed by atoms with Gasteiger partial charge in [0.05, 0.1) is 5.56 Å². The number of hydrogen-bond acceptors (Lipinski definition) is 1. The second-order valence-corrected chi connectivity index (χ2v) is 4.76. The Morgan fingerprint density at radius 2 is 1.95 bits per heavy atom. The van der Waals surface area contributed by atoms with E-state index >= 15 is 0 Å². The molecule has 0 unspecified atom stereocenters. The number of aryl methyl sites for hydroxylation is 1. The van der Waals surface area contributed by atoms with Crippen LogP contribution in [0.15, 0.2) is 36.4 Å². The summed E-state index contributed by atoms with van der Waals surface area (Å²) in [7, 11) is 0. The van der Waals surface area contributed by atoms with E-state index < -0.39 is 5.82 Å². The van der Waals surface area contributed by atoms with E-state index in [1.165, 1.54) is 6.07 Å². The third-order valence-electron chi connectivity index (χ3n) is 2.96. The lowest BCUT2D eigenvalue weighted by Crippen LogP contribution is -1.91. The molecule has 1 N–H and O–H groups in total. The zero-order chi connectivity index (χ0) is 14.0. The van der Waals surface area contributed by atoms with Crippen LogP contribution in [0, 0.1) is 12.7 Å². The Balaban J connectivity index is 2.70. The maximum absolute atomic E-state index is 14.0. The lowest BCUT2D eigenvalue weighted by molar-refractivity contribution is 0.470. The SMILES string of the molecule is C/C=C/c1ccc(F)c(-c2ccc(Cl)cc2C)c1O. The van der Waals surface area contributed by atoms with Crippen LogP contribution in [0.1, 0.15) is 18.1 Å². The average Bonchev–Trinajstić information content (AvgIpc) is 2.35. The first-order valence-electron chi connectivity index (χ1n) is 5.95. The number of hydrogen-bond donors (Lipinski definition) is 1. The Hall–Kier alpha value is -1.80. The summed E-state index contributed by atoms with van der Waals surface area (Å²) in [6.07, 6.45) is 3.54. The van der Waals surface area contributed by atoms with E-state index in [4.69, 9.17) is 11.6 Å². The summed E-state index contributed by atoms with van der Waals surface area (Å²) >= 11 is 5.90. The normalized spacial score (nSPS) is 11.2. The molecule has 0 aliphatic rings. The van der Waals surface area contributed by atoms with Gasteiger partial charge in [0.2, 0.25) is 0 Å². The van der Waals surface area contributed by atoms with Gasteiger partial charge in [-0.25, -0.2) is 4.39 Å². The number of phenols is 1. The number of benzene rings is 2. The Labute approximate surface area is 117 Å². The molecule has 0 saturated carbocycles. The first-order chi connectivity index (χ1) is 9.04. The molecular weight excluding hydrogens is 263 g/mol. The number of aromatic hydroxyl groups is 1. The lowest BCUT2D eigenvalue weighted by atomic mass is 9.97. The fraction of sp³-hybridized carbons (Fsp3) is 0.125. The quantitative estimate of drug-likeness (QED) is 0.800. The van der Waals surface area contributed by atoms with Gasteiger partial charge in [-0.3, -0.25) is 0 Å². The average molecular weight is 277 g/mol. The molecule has 0 spiro atoms. The second-order valence-electron chi connectivity index (χ2n) is 4.32. The summed E-state index contributed by atoms with van der Waals surface area (Å²) in [6.45, 7) is 3.68. The standard InChI is InChI=1S/C16H14ClFO/c1-3-4-11-5-8-14(18)15(16(11)19)13-7-6-12(17)9-10(13)2/h3-9,19H,1-2H3/b4-3+. The van der Waals surface area contributed by atoms with Gasteiger partial charge >= 0.3 is 0 Å². The largest absolute Gasteiger partial charge is 0.507 e. The molecule has 0 heterocycles. The fourth-order valence-corrected chi connectivity index (χ4v) is 2.29. The Morgan fingerprint density at radius 1 is 1.21 bits per heavy atom. The van der Waals surface area contributed by atoms with Gasteiger partial charge in [0.15, 0.2) is 0 Å². The zero-order valence-corrected chi connectivity index (χ0v) is 11.5. The fourth-order valence-electron chi connectivity index (χ4n) is 2.06. The monoisotopic (exact) mass is 276 g/mol. The smallest absolute Gasteiger partial charge is 0.134 e. The van der Waals surface area contributed by atoms with Gasteiger partial charge in [-0.1, -0.05) is 29.8 Å². The van der Waals surface area contributed by atoms with Crippen LogP contribution in [-0.2, 0) is 0 Å². The molecule has 0 aliphatic heterocycles. The molecule has 0 bridgehead atoms. The van der Waals surface area contributed by atoms with Crippen LogP contribution in [0.2, 0.25) is 5.02 Å². The highest BCUT2D eigenvalue weighted by Gasteiger charge is 2.15. The lowest BCUT2D eigenvalue weighted by Gasteiger charge is -2.12. The third-order valence-corrected chi connectivity index (χ3v) is 3.20. The molecule has 0 amide bonds. The zero-order valence-electron chi connectivity index (χ0n) is 10.7. The number of halogens is 2. The van der Waals surface area contributed by atoms with Crippen LogP contribution in [0.4, 0.5) is 4.39 Å². The highest BCUT2D eigenvalue weighted by molar-refractivity contribution is 6.30. The summed E-state index contributed by atoms with van der Waals surface area (Å²) in [5.74, 6) is -0.500. The van der Waals surface area contributed by atoms with Crippen molar-refractivity contribution in [3.8, 4) is 16.9 Å². The summed E-state index contributed by atoms with van der Waals surface area (Å²) in [5.41, 5.74) is 2.27. The predicted octanol–water partition coefficient (Wildman–Crippen LogP) is 5.19. The molecule has 0 saturated heterocycles. The molecule has 2 aromatic rings. The topological polar surface area (TPSA) is 20.2 Å².